The summed E-state index contributed by atoms with van der Waals surface area (Å²) >= 11 is 0. The summed E-state index contributed by atoms with van der Waals surface area (Å²) in [4.78, 5) is 23.5. The van der Waals surface area contributed by atoms with Gasteiger partial charge in [0.05, 0.1) is 6.61 Å². The molecule has 0 unspecified atom stereocenters. The molecule has 1 atom stereocenters. The number of hydrogen-bond acceptors (Lipinski definition) is 4. The van der Waals surface area contributed by atoms with E-state index in [1.165, 1.54) is 0 Å². The summed E-state index contributed by atoms with van der Waals surface area (Å²) in [7, 11) is 0. The van der Waals surface area contributed by atoms with Crippen molar-refractivity contribution >= 4 is 12.0 Å². The van der Waals surface area contributed by atoms with Crippen molar-refractivity contribution < 1.29 is 19.4 Å². The number of amides is 2. The van der Waals surface area contributed by atoms with Crippen LogP contribution in [0, 0.1) is 0 Å². The molecule has 0 spiro atoms. The molecule has 0 radical (unpaired) electrons. The fraction of sp³-hybridized carbons (Fsp3) is 0.467. The van der Waals surface area contributed by atoms with Crippen LogP contribution in [-0.2, 0) is 16.1 Å². The molecule has 0 fully saturated rings. The highest BCUT2D eigenvalue weighted by Crippen LogP contribution is 2.02. The third-order valence-corrected chi connectivity index (χ3v) is 2.50. The second kappa shape index (κ2) is 7.64. The summed E-state index contributed by atoms with van der Waals surface area (Å²) in [5, 5.41) is 14.2. The van der Waals surface area contributed by atoms with E-state index in [1.54, 1.807) is 0 Å². The zero-order chi connectivity index (χ0) is 15.9. The van der Waals surface area contributed by atoms with Gasteiger partial charge in [-0.05, 0) is 26.3 Å². The molecule has 0 heterocycles. The summed E-state index contributed by atoms with van der Waals surface area (Å²) in [6.07, 6.45) is -0.748. The molecule has 0 aliphatic rings. The molecule has 1 aromatic carbocycles. The summed E-state index contributed by atoms with van der Waals surface area (Å²) in [6.45, 7) is 5.04. The predicted octanol–water partition coefficient (Wildman–Crippen LogP) is 1.19. The van der Waals surface area contributed by atoms with E-state index in [0.717, 1.165) is 5.56 Å². The van der Waals surface area contributed by atoms with Gasteiger partial charge in [0.15, 0.2) is 0 Å². The second-order valence-electron chi connectivity index (χ2n) is 5.68. The molecule has 0 aliphatic heterocycles. The molecule has 6 nitrogen and oxygen atoms in total. The number of aliphatic hydroxyl groups excluding tert-OH is 1. The van der Waals surface area contributed by atoms with Gasteiger partial charge in [0.2, 0.25) is 5.91 Å². The predicted molar refractivity (Wildman–Crippen MR) is 78.5 cm³/mol. The number of hydrogen-bond donors (Lipinski definition) is 3. The topological polar surface area (TPSA) is 87.7 Å². The van der Waals surface area contributed by atoms with E-state index < -0.39 is 30.2 Å². The van der Waals surface area contributed by atoms with E-state index in [-0.39, 0.29) is 6.61 Å². The first-order chi connectivity index (χ1) is 9.81. The zero-order valence-electron chi connectivity index (χ0n) is 12.6. The first kappa shape index (κ1) is 17.0. The van der Waals surface area contributed by atoms with Crippen molar-refractivity contribution in [2.45, 2.75) is 39.0 Å². The minimum absolute atomic E-state index is 0.103. The lowest BCUT2D eigenvalue weighted by Crippen LogP contribution is -2.53. The van der Waals surface area contributed by atoms with Crippen molar-refractivity contribution in [1.29, 1.82) is 0 Å². The standard InChI is InChI=1S/C15H22N2O4/c1-15(2,3)17-13(19)12(9-18)16-14(20)21-10-11-7-5-4-6-8-11/h4-8,12,18H,9-10H2,1-3H3,(H,16,20)(H,17,19)/t12-/m0/s1. The molecular weight excluding hydrogens is 272 g/mol. The summed E-state index contributed by atoms with van der Waals surface area (Å²) in [5.74, 6) is -0.457. The molecular formula is C15H22N2O4. The lowest BCUT2D eigenvalue weighted by atomic mass is 10.1. The Morgan fingerprint density at radius 3 is 2.38 bits per heavy atom. The summed E-state index contributed by atoms with van der Waals surface area (Å²) in [5.41, 5.74) is 0.396. The third kappa shape index (κ3) is 6.76. The average molecular weight is 294 g/mol. The number of aliphatic hydroxyl groups is 1. The lowest BCUT2D eigenvalue weighted by molar-refractivity contribution is -0.125. The summed E-state index contributed by atoms with van der Waals surface area (Å²) < 4.78 is 5.00. The minimum Gasteiger partial charge on any atom is -0.445 e. The largest absolute Gasteiger partial charge is 0.445 e. The van der Waals surface area contributed by atoms with Gasteiger partial charge in [0.25, 0.3) is 0 Å². The Balaban J connectivity index is 2.45. The normalized spacial score (nSPS) is 12.4. The molecule has 0 aliphatic carbocycles. The Labute approximate surface area is 124 Å². The number of rotatable bonds is 5. The van der Waals surface area contributed by atoms with Gasteiger partial charge >= 0.3 is 6.09 Å². The van der Waals surface area contributed by atoms with Crippen molar-refractivity contribution in [3.05, 3.63) is 35.9 Å². The van der Waals surface area contributed by atoms with Crippen molar-refractivity contribution in [1.82, 2.24) is 10.6 Å². The second-order valence-corrected chi connectivity index (χ2v) is 5.68. The fourth-order valence-electron chi connectivity index (χ4n) is 1.56. The fourth-order valence-corrected chi connectivity index (χ4v) is 1.56. The van der Waals surface area contributed by atoms with Gasteiger partial charge in [0.1, 0.15) is 12.6 Å². The maximum absolute atomic E-state index is 11.9. The van der Waals surface area contributed by atoms with Crippen LogP contribution in [-0.4, -0.2) is 35.3 Å². The van der Waals surface area contributed by atoms with Crippen LogP contribution in [0.25, 0.3) is 0 Å². The highest BCUT2D eigenvalue weighted by molar-refractivity contribution is 5.86. The number of carbonyl (C=O) groups is 2. The number of carbonyl (C=O) groups excluding carboxylic acids is 2. The number of nitrogens with one attached hydrogen (secondary N) is 2. The number of ether oxygens (including phenoxy) is 1. The van der Waals surface area contributed by atoms with E-state index in [4.69, 9.17) is 4.74 Å². The van der Waals surface area contributed by atoms with Crippen LogP contribution >= 0.6 is 0 Å². The van der Waals surface area contributed by atoms with E-state index in [0.29, 0.717) is 0 Å². The SMILES string of the molecule is CC(C)(C)NC(=O)[C@H](CO)NC(=O)OCc1ccccc1. The first-order valence-corrected chi connectivity index (χ1v) is 6.72. The van der Waals surface area contributed by atoms with E-state index >= 15 is 0 Å². The molecule has 21 heavy (non-hydrogen) atoms. The van der Waals surface area contributed by atoms with Gasteiger partial charge < -0.3 is 20.5 Å². The van der Waals surface area contributed by atoms with Gasteiger partial charge in [-0.1, -0.05) is 30.3 Å². The Morgan fingerprint density at radius 2 is 1.86 bits per heavy atom. The minimum atomic E-state index is -1.03. The highest BCUT2D eigenvalue weighted by Gasteiger charge is 2.24. The summed E-state index contributed by atoms with van der Waals surface area (Å²) in [6, 6.07) is 8.15. The molecule has 116 valence electrons. The van der Waals surface area contributed by atoms with Crippen molar-refractivity contribution in [3.63, 3.8) is 0 Å². The Bertz CT molecular complexity index is 468. The smallest absolute Gasteiger partial charge is 0.408 e. The molecule has 6 heteroatoms. The van der Waals surface area contributed by atoms with Gasteiger partial charge in [-0.3, -0.25) is 4.79 Å². The molecule has 3 N–H and O–H groups in total. The van der Waals surface area contributed by atoms with Crippen LogP contribution in [0.15, 0.2) is 30.3 Å². The van der Waals surface area contributed by atoms with Gasteiger partial charge in [-0.2, -0.15) is 0 Å². The zero-order valence-corrected chi connectivity index (χ0v) is 12.6. The monoisotopic (exact) mass is 294 g/mol. The van der Waals surface area contributed by atoms with Gasteiger partial charge in [-0.15, -0.1) is 0 Å². The number of benzene rings is 1. The van der Waals surface area contributed by atoms with Crippen LogP contribution in [0.1, 0.15) is 26.3 Å². The van der Waals surface area contributed by atoms with Crippen LogP contribution in [0.4, 0.5) is 4.79 Å². The quantitative estimate of drug-likeness (QED) is 0.761. The highest BCUT2D eigenvalue weighted by atomic mass is 16.5. The molecule has 1 aromatic rings. The van der Waals surface area contributed by atoms with E-state index in [9.17, 15) is 14.7 Å². The lowest BCUT2D eigenvalue weighted by Gasteiger charge is -2.24. The number of alkyl carbamates (subject to hydrolysis) is 1. The van der Waals surface area contributed by atoms with Gasteiger partial charge in [-0.25, -0.2) is 4.79 Å². The van der Waals surface area contributed by atoms with Crippen molar-refractivity contribution in [3.8, 4) is 0 Å². The van der Waals surface area contributed by atoms with Crippen LogP contribution < -0.4 is 10.6 Å². The maximum Gasteiger partial charge on any atom is 0.408 e. The van der Waals surface area contributed by atoms with Crippen LogP contribution in [0.2, 0.25) is 0 Å². The molecule has 0 aromatic heterocycles. The third-order valence-electron chi connectivity index (χ3n) is 2.50. The molecule has 0 bridgehead atoms. The van der Waals surface area contributed by atoms with Crippen molar-refractivity contribution in [2.75, 3.05) is 6.61 Å². The molecule has 1 rings (SSSR count). The average Bonchev–Trinajstić information content (AvgIpc) is 2.41. The Kier molecular flexibility index (Phi) is 6.17. The Hall–Kier alpha value is -2.08. The van der Waals surface area contributed by atoms with Crippen LogP contribution in [0.5, 0.6) is 0 Å². The van der Waals surface area contributed by atoms with E-state index in [2.05, 4.69) is 10.6 Å². The van der Waals surface area contributed by atoms with Gasteiger partial charge in [0, 0.05) is 5.54 Å². The molecule has 0 saturated carbocycles. The maximum atomic E-state index is 11.9. The molecule has 2 amide bonds. The first-order valence-electron chi connectivity index (χ1n) is 6.72. The molecule has 0 saturated heterocycles. The van der Waals surface area contributed by atoms with Crippen molar-refractivity contribution in [2.24, 2.45) is 0 Å². The Morgan fingerprint density at radius 1 is 1.24 bits per heavy atom. The van der Waals surface area contributed by atoms with Crippen LogP contribution in [0.3, 0.4) is 0 Å². The van der Waals surface area contributed by atoms with E-state index in [1.807, 2.05) is 51.1 Å².